The minimum atomic E-state index is -3.57. The van der Waals surface area contributed by atoms with Gasteiger partial charge in [-0.15, -0.1) is 11.3 Å². The van der Waals surface area contributed by atoms with Crippen molar-refractivity contribution in [3.8, 4) is 0 Å². The molecule has 1 aromatic heterocycles. The van der Waals surface area contributed by atoms with Crippen LogP contribution in [0.5, 0.6) is 0 Å². The normalized spacial score (nSPS) is 11.8. The molecule has 0 aliphatic heterocycles. The molecular weight excluding hydrogens is 396 g/mol. The van der Waals surface area contributed by atoms with Crippen molar-refractivity contribution >= 4 is 48.9 Å². The zero-order chi connectivity index (χ0) is 15.5. The summed E-state index contributed by atoms with van der Waals surface area (Å²) in [6.07, 6.45) is 0. The summed E-state index contributed by atoms with van der Waals surface area (Å²) in [4.78, 5) is 1.09. The Morgan fingerprint density at radius 3 is 2.57 bits per heavy atom. The highest BCUT2D eigenvalue weighted by Crippen LogP contribution is 2.25. The van der Waals surface area contributed by atoms with Crippen LogP contribution < -0.4 is 10.0 Å². The van der Waals surface area contributed by atoms with E-state index in [-0.39, 0.29) is 11.4 Å². The Balaban J connectivity index is 2.15. The van der Waals surface area contributed by atoms with Crippen molar-refractivity contribution < 1.29 is 8.42 Å². The molecule has 0 aliphatic carbocycles. The quantitative estimate of drug-likeness (QED) is 0.769. The molecule has 0 spiro atoms. The van der Waals surface area contributed by atoms with E-state index in [2.05, 4.69) is 26.0 Å². The van der Waals surface area contributed by atoms with Crippen molar-refractivity contribution in [3.63, 3.8) is 0 Å². The van der Waals surface area contributed by atoms with E-state index in [0.717, 1.165) is 10.4 Å². The van der Waals surface area contributed by atoms with Gasteiger partial charge in [0, 0.05) is 22.4 Å². The number of nitrogens with one attached hydrogen (secondary N) is 2. The van der Waals surface area contributed by atoms with Crippen molar-refractivity contribution in [2.45, 2.75) is 18.0 Å². The van der Waals surface area contributed by atoms with E-state index in [1.807, 2.05) is 7.05 Å². The topological polar surface area (TPSA) is 58.2 Å². The fourth-order valence-corrected chi connectivity index (χ4v) is 5.02. The second-order valence-electron chi connectivity index (χ2n) is 4.33. The molecule has 2 aromatic rings. The summed E-state index contributed by atoms with van der Waals surface area (Å²) >= 11 is 10.5. The number of thiophene rings is 1. The molecule has 1 heterocycles. The number of hydrogen-bond donors (Lipinski definition) is 2. The van der Waals surface area contributed by atoms with E-state index in [1.54, 1.807) is 30.3 Å². The molecule has 2 N–H and O–H groups in total. The number of benzene rings is 1. The molecule has 2 rings (SSSR count). The van der Waals surface area contributed by atoms with Crippen LogP contribution in [0.3, 0.4) is 0 Å². The lowest BCUT2D eigenvalue weighted by molar-refractivity contribution is 0.581. The molecule has 0 saturated heterocycles. The minimum Gasteiger partial charge on any atom is -0.316 e. The lowest BCUT2D eigenvalue weighted by Gasteiger charge is -2.09. The zero-order valence-corrected chi connectivity index (χ0v) is 15.2. The van der Waals surface area contributed by atoms with Gasteiger partial charge in [-0.05, 0) is 52.8 Å². The summed E-state index contributed by atoms with van der Waals surface area (Å²) in [5.41, 5.74) is 1.01. The fourth-order valence-electron chi connectivity index (χ4n) is 1.77. The lowest BCUT2D eigenvalue weighted by Crippen LogP contribution is -2.23. The van der Waals surface area contributed by atoms with Crippen LogP contribution in [-0.2, 0) is 23.1 Å². The van der Waals surface area contributed by atoms with Crippen molar-refractivity contribution in [3.05, 3.63) is 49.6 Å². The van der Waals surface area contributed by atoms with Crippen LogP contribution in [0.25, 0.3) is 0 Å². The molecule has 0 saturated carbocycles. The van der Waals surface area contributed by atoms with E-state index >= 15 is 0 Å². The predicted molar refractivity (Wildman–Crippen MR) is 90.3 cm³/mol. The van der Waals surface area contributed by atoms with Gasteiger partial charge < -0.3 is 5.32 Å². The smallest absolute Gasteiger partial charge is 0.242 e. The van der Waals surface area contributed by atoms with Crippen LogP contribution in [0.4, 0.5) is 0 Å². The van der Waals surface area contributed by atoms with Crippen LogP contribution in [0.2, 0.25) is 4.34 Å². The maximum Gasteiger partial charge on any atom is 0.242 e. The second-order valence-corrected chi connectivity index (χ2v) is 8.71. The first kappa shape index (κ1) is 16.9. The van der Waals surface area contributed by atoms with Gasteiger partial charge in [0.2, 0.25) is 10.0 Å². The molecule has 0 amide bonds. The van der Waals surface area contributed by atoms with E-state index in [9.17, 15) is 8.42 Å². The molecule has 4 nitrogen and oxygen atoms in total. The van der Waals surface area contributed by atoms with Gasteiger partial charge in [0.05, 0.1) is 9.23 Å². The second kappa shape index (κ2) is 7.21. The first-order valence-electron chi connectivity index (χ1n) is 6.09. The maximum absolute atomic E-state index is 12.3. The third kappa shape index (κ3) is 4.51. The van der Waals surface area contributed by atoms with Gasteiger partial charge in [-0.2, -0.15) is 0 Å². The minimum absolute atomic E-state index is 0.227. The van der Waals surface area contributed by atoms with Crippen LogP contribution in [0.15, 0.2) is 39.7 Å². The first-order valence-corrected chi connectivity index (χ1v) is 9.56. The average molecular weight is 410 g/mol. The number of halogens is 2. The Bertz CT molecular complexity index is 732. The fraction of sp³-hybridized carbons (Fsp3) is 0.231. The summed E-state index contributed by atoms with van der Waals surface area (Å²) in [7, 11) is -1.73. The Kier molecular flexibility index (Phi) is 5.81. The molecule has 0 aliphatic rings. The van der Waals surface area contributed by atoms with Crippen LogP contribution in [0, 0.1) is 0 Å². The van der Waals surface area contributed by atoms with Crippen molar-refractivity contribution in [1.29, 1.82) is 0 Å². The van der Waals surface area contributed by atoms with E-state index in [4.69, 9.17) is 11.6 Å². The monoisotopic (exact) mass is 408 g/mol. The standard InChI is InChI=1S/C13H14BrClN2O2S2/c1-16-7-9-2-4-12(11(14)6-9)21(18,19)17-8-10-3-5-13(15)20-10/h2-6,16-17H,7-8H2,1H3. The van der Waals surface area contributed by atoms with Gasteiger partial charge in [-0.1, -0.05) is 17.7 Å². The molecule has 1 aromatic carbocycles. The Morgan fingerprint density at radius 1 is 1.24 bits per heavy atom. The highest BCUT2D eigenvalue weighted by Gasteiger charge is 2.17. The molecule has 0 bridgehead atoms. The third-order valence-electron chi connectivity index (χ3n) is 2.73. The Labute approximate surface area is 141 Å². The van der Waals surface area contributed by atoms with Gasteiger partial charge in [-0.3, -0.25) is 0 Å². The number of rotatable bonds is 6. The van der Waals surface area contributed by atoms with Gasteiger partial charge in [0.25, 0.3) is 0 Å². The van der Waals surface area contributed by atoms with Crippen molar-refractivity contribution in [1.82, 2.24) is 10.0 Å². The number of sulfonamides is 1. The van der Waals surface area contributed by atoms with Crippen molar-refractivity contribution in [2.75, 3.05) is 7.05 Å². The summed E-state index contributed by atoms with van der Waals surface area (Å²) in [6, 6.07) is 8.74. The third-order valence-corrected chi connectivity index (χ3v) is 6.34. The molecule has 0 atom stereocenters. The summed E-state index contributed by atoms with van der Waals surface area (Å²) in [5.74, 6) is 0. The van der Waals surface area contributed by atoms with Crippen molar-refractivity contribution in [2.24, 2.45) is 0 Å². The lowest BCUT2D eigenvalue weighted by atomic mass is 10.2. The SMILES string of the molecule is CNCc1ccc(S(=O)(=O)NCc2ccc(Cl)s2)c(Br)c1. The predicted octanol–water partition coefficient (Wildman–Crippen LogP) is 3.36. The zero-order valence-electron chi connectivity index (χ0n) is 11.2. The molecule has 114 valence electrons. The maximum atomic E-state index is 12.3. The molecule has 0 unspecified atom stereocenters. The highest BCUT2D eigenvalue weighted by atomic mass is 79.9. The van der Waals surface area contributed by atoms with E-state index in [0.29, 0.717) is 15.4 Å². The van der Waals surface area contributed by atoms with Crippen LogP contribution in [-0.4, -0.2) is 15.5 Å². The van der Waals surface area contributed by atoms with Gasteiger partial charge in [-0.25, -0.2) is 13.1 Å². The molecule has 0 fully saturated rings. The number of hydrogen-bond acceptors (Lipinski definition) is 4. The van der Waals surface area contributed by atoms with E-state index in [1.165, 1.54) is 11.3 Å². The molecular formula is C13H14BrClN2O2S2. The Morgan fingerprint density at radius 2 is 2.00 bits per heavy atom. The molecule has 8 heteroatoms. The Hall–Kier alpha value is -0.440. The summed E-state index contributed by atoms with van der Waals surface area (Å²) in [5, 5.41) is 3.02. The van der Waals surface area contributed by atoms with E-state index < -0.39 is 10.0 Å². The summed E-state index contributed by atoms with van der Waals surface area (Å²) in [6.45, 7) is 0.907. The van der Waals surface area contributed by atoms with Gasteiger partial charge in [0.1, 0.15) is 0 Å². The van der Waals surface area contributed by atoms with Gasteiger partial charge >= 0.3 is 0 Å². The first-order chi connectivity index (χ1) is 9.92. The van der Waals surface area contributed by atoms with Gasteiger partial charge in [0.15, 0.2) is 0 Å². The average Bonchev–Trinajstić information content (AvgIpc) is 2.83. The molecule has 0 radical (unpaired) electrons. The molecule has 21 heavy (non-hydrogen) atoms. The summed E-state index contributed by atoms with van der Waals surface area (Å²) < 4.78 is 28.4. The van der Waals surface area contributed by atoms with Crippen LogP contribution in [0.1, 0.15) is 10.4 Å². The largest absolute Gasteiger partial charge is 0.316 e. The van der Waals surface area contributed by atoms with Crippen LogP contribution >= 0.6 is 38.9 Å². The highest BCUT2D eigenvalue weighted by molar-refractivity contribution is 9.10.